The molecule has 4 heterocycles. The average molecular weight is 773 g/mol. The molecule has 0 saturated carbocycles. The SMILES string of the molecule is CC1(N)COCc2ccc(F)cc21.CC1(N=[N+]=[N-])COCc2ccc(F)cc21.CC1(O)COCc2ccc(F)cc21.Cl.O=C1COCc2ccc(F)cc21. The highest BCUT2D eigenvalue weighted by Gasteiger charge is 2.33. The number of aliphatic hydroxyl groups is 1. The molecular weight excluding hydrogens is 732 g/mol. The van der Waals surface area contributed by atoms with E-state index in [2.05, 4.69) is 10.0 Å². The quantitative estimate of drug-likeness (QED) is 0.0864. The highest BCUT2D eigenvalue weighted by molar-refractivity contribution is 5.99. The number of rotatable bonds is 1. The van der Waals surface area contributed by atoms with Gasteiger partial charge in [0.05, 0.1) is 57.3 Å². The Hall–Kier alpha value is -4.37. The lowest BCUT2D eigenvalue weighted by Crippen LogP contribution is -2.41. The molecule has 3 N–H and O–H groups in total. The molecule has 15 heteroatoms. The van der Waals surface area contributed by atoms with Crippen molar-refractivity contribution in [3.63, 3.8) is 0 Å². The molecule has 3 atom stereocenters. The van der Waals surface area contributed by atoms with E-state index in [9.17, 15) is 27.5 Å². The van der Waals surface area contributed by atoms with E-state index in [0.29, 0.717) is 49.7 Å². The molecule has 4 aromatic rings. The van der Waals surface area contributed by atoms with Gasteiger partial charge in [-0.3, -0.25) is 4.79 Å². The molecular formula is C39H41ClF4N4O6. The van der Waals surface area contributed by atoms with Gasteiger partial charge >= 0.3 is 0 Å². The lowest BCUT2D eigenvalue weighted by Gasteiger charge is -2.32. The van der Waals surface area contributed by atoms with Crippen molar-refractivity contribution in [1.82, 2.24) is 0 Å². The van der Waals surface area contributed by atoms with E-state index in [1.165, 1.54) is 48.5 Å². The van der Waals surface area contributed by atoms with Crippen LogP contribution in [0.2, 0.25) is 0 Å². The summed E-state index contributed by atoms with van der Waals surface area (Å²) in [5.41, 5.74) is 18.2. The Morgan fingerprint density at radius 1 is 0.648 bits per heavy atom. The second kappa shape index (κ2) is 17.8. The number of hydrogen-bond donors (Lipinski definition) is 2. The number of hydrogen-bond acceptors (Lipinski definition) is 8. The smallest absolute Gasteiger partial charge is 0.188 e. The molecule has 8 rings (SSSR count). The minimum atomic E-state index is -1.06. The number of nitrogens with zero attached hydrogens (tertiary/aromatic N) is 3. The molecule has 54 heavy (non-hydrogen) atoms. The van der Waals surface area contributed by atoms with Gasteiger partial charge in [-0.15, -0.1) is 12.4 Å². The van der Waals surface area contributed by atoms with Crippen molar-refractivity contribution in [2.24, 2.45) is 10.8 Å². The van der Waals surface area contributed by atoms with Crippen molar-refractivity contribution in [2.45, 2.75) is 63.9 Å². The summed E-state index contributed by atoms with van der Waals surface area (Å²) in [6, 6.07) is 17.7. The lowest BCUT2D eigenvalue weighted by molar-refractivity contribution is -0.0605. The monoisotopic (exact) mass is 772 g/mol. The maximum absolute atomic E-state index is 13.1. The maximum Gasteiger partial charge on any atom is 0.188 e. The standard InChI is InChI=1S/C10H10FN3O.C10H12FNO.C10H11FO2.C9H7FO2.ClH/c1-10(13-14-12)6-15-5-7-2-3-8(11)4-9(7)10;2*1-10(12)6-13-5-7-2-3-8(11)4-9(7)10;10-7-2-1-6-4-12-5-9(11)8(6)3-7;/h2-4H,5-6H2,1H3;2-4H,5-6,12H2,1H3;2-4,12H,5-6H2,1H3;1-3H,4-5H2;1H. The summed E-state index contributed by atoms with van der Waals surface area (Å²) in [6.07, 6.45) is 0. The van der Waals surface area contributed by atoms with Crippen LogP contribution < -0.4 is 5.73 Å². The van der Waals surface area contributed by atoms with E-state index < -0.39 is 16.7 Å². The van der Waals surface area contributed by atoms with E-state index >= 15 is 0 Å². The molecule has 0 aromatic heterocycles. The van der Waals surface area contributed by atoms with Gasteiger partial charge in [-0.1, -0.05) is 29.4 Å². The second-order valence-electron chi connectivity index (χ2n) is 13.8. The van der Waals surface area contributed by atoms with Gasteiger partial charge < -0.3 is 29.8 Å². The summed E-state index contributed by atoms with van der Waals surface area (Å²) >= 11 is 0. The third kappa shape index (κ3) is 10.2. The van der Waals surface area contributed by atoms with Crippen LogP contribution in [-0.2, 0) is 62.1 Å². The number of carbonyl (C=O) groups excluding carboxylic acids is 1. The molecule has 0 radical (unpaired) electrons. The largest absolute Gasteiger partial charge is 0.383 e. The van der Waals surface area contributed by atoms with Crippen molar-refractivity contribution in [2.75, 3.05) is 26.4 Å². The van der Waals surface area contributed by atoms with Crippen molar-refractivity contribution in [3.8, 4) is 0 Å². The van der Waals surface area contributed by atoms with Crippen LogP contribution in [0, 0.1) is 23.3 Å². The first-order valence-electron chi connectivity index (χ1n) is 16.7. The first-order valence-corrected chi connectivity index (χ1v) is 16.7. The Morgan fingerprint density at radius 2 is 1.09 bits per heavy atom. The zero-order valence-corrected chi connectivity index (χ0v) is 30.7. The Labute approximate surface area is 316 Å². The molecule has 3 unspecified atom stereocenters. The van der Waals surface area contributed by atoms with Crippen LogP contribution in [0.4, 0.5) is 17.6 Å². The summed E-state index contributed by atoms with van der Waals surface area (Å²) in [7, 11) is 0. The fourth-order valence-corrected chi connectivity index (χ4v) is 6.33. The molecule has 288 valence electrons. The zero-order chi connectivity index (χ0) is 38.4. The number of carbonyl (C=O) groups is 1. The number of fused-ring (bicyclic) bond motifs is 4. The van der Waals surface area contributed by atoms with Gasteiger partial charge in [-0.2, -0.15) is 0 Å². The van der Waals surface area contributed by atoms with Crippen molar-refractivity contribution >= 4 is 18.2 Å². The predicted molar refractivity (Wildman–Crippen MR) is 193 cm³/mol. The van der Waals surface area contributed by atoms with E-state index in [0.717, 1.165) is 27.8 Å². The zero-order valence-electron chi connectivity index (χ0n) is 29.9. The topological polar surface area (TPSA) is 149 Å². The van der Waals surface area contributed by atoms with Gasteiger partial charge in [-0.05, 0) is 114 Å². The molecule has 0 bridgehead atoms. The van der Waals surface area contributed by atoms with Gasteiger partial charge in [-0.25, -0.2) is 17.6 Å². The van der Waals surface area contributed by atoms with Crippen molar-refractivity contribution in [3.05, 3.63) is 151 Å². The van der Waals surface area contributed by atoms with Gasteiger partial charge in [0, 0.05) is 10.5 Å². The van der Waals surface area contributed by atoms with Gasteiger partial charge in [0.2, 0.25) is 0 Å². The third-order valence-electron chi connectivity index (χ3n) is 9.06. The Balaban J connectivity index is 0.000000160. The summed E-state index contributed by atoms with van der Waals surface area (Å²) in [4.78, 5) is 13.9. The number of benzene rings is 4. The third-order valence-corrected chi connectivity index (χ3v) is 9.06. The summed E-state index contributed by atoms with van der Waals surface area (Å²) in [5, 5.41) is 13.5. The first kappa shape index (κ1) is 42.4. The molecule has 0 amide bonds. The van der Waals surface area contributed by atoms with Crippen LogP contribution in [0.3, 0.4) is 0 Å². The molecule has 4 aliphatic heterocycles. The Morgan fingerprint density at radius 3 is 1.69 bits per heavy atom. The number of Topliss-reactive ketones (excluding diaryl/α,β-unsaturated/α-hetero) is 1. The number of azide groups is 1. The molecule has 0 saturated heterocycles. The van der Waals surface area contributed by atoms with Crippen molar-refractivity contribution in [1.29, 1.82) is 0 Å². The molecule has 4 aliphatic rings. The van der Waals surface area contributed by atoms with E-state index in [4.69, 9.17) is 30.2 Å². The van der Waals surface area contributed by atoms with E-state index in [-0.39, 0.29) is 61.3 Å². The predicted octanol–water partition coefficient (Wildman–Crippen LogP) is 7.94. The number of nitrogens with two attached hydrogens (primary N) is 1. The summed E-state index contributed by atoms with van der Waals surface area (Å²) in [6.45, 7) is 8.07. The molecule has 10 nitrogen and oxygen atoms in total. The summed E-state index contributed by atoms with van der Waals surface area (Å²) in [5.74, 6) is -1.40. The number of ether oxygens (including phenoxy) is 4. The van der Waals surface area contributed by atoms with E-state index in [1.807, 2.05) is 6.92 Å². The fraction of sp³-hybridized carbons (Fsp3) is 0.359. The number of halogens is 5. The van der Waals surface area contributed by atoms with Crippen LogP contribution >= 0.6 is 12.4 Å². The Bertz CT molecular complexity index is 1960. The number of ketones is 1. The fourth-order valence-electron chi connectivity index (χ4n) is 6.33. The Kier molecular flexibility index (Phi) is 14.0. The molecule has 0 aliphatic carbocycles. The first-order chi connectivity index (χ1) is 25.1. The highest BCUT2D eigenvalue weighted by Crippen LogP contribution is 2.34. The van der Waals surface area contributed by atoms with Gasteiger partial charge in [0.1, 0.15) is 35.5 Å². The highest BCUT2D eigenvalue weighted by atomic mass is 35.5. The second-order valence-corrected chi connectivity index (χ2v) is 13.8. The maximum atomic E-state index is 13.1. The average Bonchev–Trinajstić information content (AvgIpc) is 3.11. The van der Waals surface area contributed by atoms with Crippen LogP contribution in [0.5, 0.6) is 0 Å². The van der Waals surface area contributed by atoms with Crippen LogP contribution in [-0.4, -0.2) is 37.3 Å². The van der Waals surface area contributed by atoms with Crippen LogP contribution in [0.25, 0.3) is 10.4 Å². The molecule has 4 aromatic carbocycles. The van der Waals surface area contributed by atoms with Crippen molar-refractivity contribution < 1.29 is 46.4 Å². The normalized spacial score (nSPS) is 23.2. The van der Waals surface area contributed by atoms with E-state index in [1.54, 1.807) is 38.1 Å². The van der Waals surface area contributed by atoms with Crippen LogP contribution in [0.1, 0.15) is 70.1 Å². The van der Waals surface area contributed by atoms with Gasteiger partial charge in [0.15, 0.2) is 5.78 Å². The van der Waals surface area contributed by atoms with Gasteiger partial charge in [0.25, 0.3) is 0 Å². The van der Waals surface area contributed by atoms with Crippen LogP contribution in [0.15, 0.2) is 77.9 Å². The minimum absolute atomic E-state index is 0. The lowest BCUT2D eigenvalue weighted by atomic mass is 9.88. The summed E-state index contributed by atoms with van der Waals surface area (Å²) < 4.78 is 72.4. The molecule has 0 spiro atoms. The minimum Gasteiger partial charge on any atom is -0.383 e. The molecule has 0 fully saturated rings.